The lowest BCUT2D eigenvalue weighted by Crippen LogP contribution is -2.03. The van der Waals surface area contributed by atoms with Crippen LogP contribution < -0.4 is 5.73 Å². The molecule has 0 saturated carbocycles. The minimum atomic E-state index is 0.425. The molecule has 0 unspecified atom stereocenters. The highest BCUT2D eigenvalue weighted by Gasteiger charge is 2.18. The number of nitrogen functional groups attached to an aromatic ring is 1. The molecule has 0 aliphatic carbocycles. The second-order valence-corrected chi connectivity index (χ2v) is 6.06. The first-order valence-electron chi connectivity index (χ1n) is 8.29. The van der Waals surface area contributed by atoms with Gasteiger partial charge in [-0.25, -0.2) is 14.6 Å². The van der Waals surface area contributed by atoms with E-state index in [-0.39, 0.29) is 0 Å². The van der Waals surface area contributed by atoms with Crippen molar-refractivity contribution in [3.8, 4) is 11.1 Å². The second-order valence-electron chi connectivity index (χ2n) is 6.06. The average Bonchev–Trinajstić information content (AvgIpc) is 3.25. The molecule has 0 fully saturated rings. The van der Waals surface area contributed by atoms with Gasteiger partial charge in [-0.15, -0.1) is 0 Å². The van der Waals surface area contributed by atoms with Gasteiger partial charge in [0.15, 0.2) is 5.65 Å². The van der Waals surface area contributed by atoms with E-state index in [4.69, 9.17) is 10.2 Å². The molecule has 0 spiro atoms. The van der Waals surface area contributed by atoms with Crippen LogP contribution in [-0.2, 0) is 6.54 Å². The summed E-state index contributed by atoms with van der Waals surface area (Å²) in [4.78, 5) is 8.34. The summed E-state index contributed by atoms with van der Waals surface area (Å²) in [6.45, 7) is 0.457. The van der Waals surface area contributed by atoms with E-state index in [0.717, 1.165) is 33.2 Å². The fourth-order valence-electron chi connectivity index (χ4n) is 3.29. The largest absolute Gasteiger partial charge is 0.458 e. The molecule has 3 heterocycles. The third-order valence-electron chi connectivity index (χ3n) is 4.49. The molecule has 0 bridgehead atoms. The SMILES string of the molecule is Nc1ncnc2c1cnn2Cc1oc2ccccc2c1-c1ccccc1. The molecular formula is C20H15N5O. The third-order valence-corrected chi connectivity index (χ3v) is 4.49. The number of benzene rings is 2. The normalized spacial score (nSPS) is 11.4. The average molecular weight is 341 g/mol. The molecule has 5 rings (SSSR count). The smallest absolute Gasteiger partial charge is 0.163 e. The Labute approximate surface area is 148 Å². The molecule has 2 N–H and O–H groups in total. The number of nitrogens with zero attached hydrogens (tertiary/aromatic N) is 4. The maximum atomic E-state index is 6.17. The Morgan fingerprint density at radius 2 is 1.73 bits per heavy atom. The Hall–Kier alpha value is -3.67. The van der Waals surface area contributed by atoms with Gasteiger partial charge in [0, 0.05) is 10.9 Å². The fourth-order valence-corrected chi connectivity index (χ4v) is 3.29. The molecular weight excluding hydrogens is 326 g/mol. The van der Waals surface area contributed by atoms with E-state index in [1.54, 1.807) is 10.9 Å². The molecule has 2 aromatic carbocycles. The van der Waals surface area contributed by atoms with Gasteiger partial charge in [0.1, 0.15) is 30.0 Å². The summed E-state index contributed by atoms with van der Waals surface area (Å²) in [6, 6.07) is 18.3. The van der Waals surface area contributed by atoms with E-state index in [9.17, 15) is 0 Å². The molecule has 126 valence electrons. The van der Waals surface area contributed by atoms with Gasteiger partial charge in [-0.2, -0.15) is 5.10 Å². The van der Waals surface area contributed by atoms with Gasteiger partial charge in [-0.3, -0.25) is 0 Å². The number of nitrogens with two attached hydrogens (primary N) is 1. The zero-order valence-electron chi connectivity index (χ0n) is 13.8. The molecule has 3 aromatic heterocycles. The van der Waals surface area contributed by atoms with Crippen LogP contribution >= 0.6 is 0 Å². The fraction of sp³-hybridized carbons (Fsp3) is 0.0500. The molecule has 5 aromatic rings. The van der Waals surface area contributed by atoms with E-state index in [1.165, 1.54) is 6.33 Å². The van der Waals surface area contributed by atoms with Crippen molar-refractivity contribution in [1.29, 1.82) is 0 Å². The van der Waals surface area contributed by atoms with Gasteiger partial charge in [-0.05, 0) is 11.6 Å². The number of rotatable bonds is 3. The van der Waals surface area contributed by atoms with Crippen LogP contribution in [0, 0.1) is 0 Å². The van der Waals surface area contributed by atoms with Gasteiger partial charge < -0.3 is 10.2 Å². The summed E-state index contributed by atoms with van der Waals surface area (Å²) in [5, 5.41) is 6.25. The number of fused-ring (bicyclic) bond motifs is 2. The van der Waals surface area contributed by atoms with Crippen molar-refractivity contribution in [3.63, 3.8) is 0 Å². The van der Waals surface area contributed by atoms with Gasteiger partial charge in [0.05, 0.1) is 11.6 Å². The van der Waals surface area contributed by atoms with Crippen LogP contribution in [0.15, 0.2) is 71.5 Å². The lowest BCUT2D eigenvalue weighted by atomic mass is 10.0. The maximum Gasteiger partial charge on any atom is 0.163 e. The quantitative estimate of drug-likeness (QED) is 0.538. The topological polar surface area (TPSA) is 82.8 Å². The molecule has 26 heavy (non-hydrogen) atoms. The molecule has 0 amide bonds. The van der Waals surface area contributed by atoms with Crippen LogP contribution in [0.1, 0.15) is 5.76 Å². The van der Waals surface area contributed by atoms with Crippen molar-refractivity contribution in [2.24, 2.45) is 0 Å². The van der Waals surface area contributed by atoms with E-state index in [0.29, 0.717) is 18.0 Å². The lowest BCUT2D eigenvalue weighted by molar-refractivity contribution is 0.516. The van der Waals surface area contributed by atoms with Crippen LogP contribution in [0.5, 0.6) is 0 Å². The molecule has 0 radical (unpaired) electrons. The number of hydrogen-bond acceptors (Lipinski definition) is 5. The van der Waals surface area contributed by atoms with Crippen molar-refractivity contribution in [2.45, 2.75) is 6.54 Å². The van der Waals surface area contributed by atoms with Crippen molar-refractivity contribution < 1.29 is 4.42 Å². The van der Waals surface area contributed by atoms with E-state index < -0.39 is 0 Å². The predicted molar refractivity (Wildman–Crippen MR) is 100 cm³/mol. The second kappa shape index (κ2) is 5.70. The summed E-state index contributed by atoms with van der Waals surface area (Å²) in [5.74, 6) is 1.26. The highest BCUT2D eigenvalue weighted by atomic mass is 16.3. The van der Waals surface area contributed by atoms with Gasteiger partial charge in [0.25, 0.3) is 0 Å². The first-order valence-corrected chi connectivity index (χ1v) is 8.29. The first kappa shape index (κ1) is 14.7. The van der Waals surface area contributed by atoms with Gasteiger partial charge in [-0.1, -0.05) is 48.5 Å². The molecule has 0 aliphatic rings. The van der Waals surface area contributed by atoms with Crippen LogP contribution in [0.3, 0.4) is 0 Å². The summed E-state index contributed by atoms with van der Waals surface area (Å²) in [5.41, 5.74) is 9.65. The number of furan rings is 1. The lowest BCUT2D eigenvalue weighted by Gasteiger charge is -2.05. The number of anilines is 1. The number of aromatic nitrogens is 4. The molecule has 0 aliphatic heterocycles. The summed E-state index contributed by atoms with van der Waals surface area (Å²) < 4.78 is 7.96. The molecule has 6 heteroatoms. The Bertz CT molecular complexity index is 1220. The van der Waals surface area contributed by atoms with Crippen LogP contribution in [0.4, 0.5) is 5.82 Å². The molecule has 6 nitrogen and oxygen atoms in total. The predicted octanol–water partition coefficient (Wildman–Crippen LogP) is 3.87. The minimum Gasteiger partial charge on any atom is -0.458 e. The first-order chi connectivity index (χ1) is 12.8. The van der Waals surface area contributed by atoms with Crippen molar-refractivity contribution in [2.75, 3.05) is 5.73 Å². The maximum absolute atomic E-state index is 6.17. The minimum absolute atomic E-state index is 0.425. The third kappa shape index (κ3) is 2.23. The van der Waals surface area contributed by atoms with Crippen LogP contribution in [0.25, 0.3) is 33.1 Å². The standard InChI is InChI=1S/C20H15N5O/c21-19-15-10-24-25(20(15)23-12-22-19)11-17-18(13-6-2-1-3-7-13)14-8-4-5-9-16(14)26-17/h1-10,12H,11H2,(H2,21,22,23). The molecule has 0 saturated heterocycles. The Morgan fingerprint density at radius 1 is 0.923 bits per heavy atom. The van der Waals surface area contributed by atoms with E-state index in [2.05, 4.69) is 33.3 Å². The van der Waals surface area contributed by atoms with Crippen molar-refractivity contribution in [3.05, 3.63) is 72.9 Å². The zero-order valence-corrected chi connectivity index (χ0v) is 13.8. The summed E-state index contributed by atoms with van der Waals surface area (Å²) in [6.07, 6.45) is 3.14. The number of para-hydroxylation sites is 1. The highest BCUT2D eigenvalue weighted by Crippen LogP contribution is 2.35. The Kier molecular flexibility index (Phi) is 3.21. The zero-order chi connectivity index (χ0) is 17.5. The van der Waals surface area contributed by atoms with Gasteiger partial charge in [0.2, 0.25) is 0 Å². The van der Waals surface area contributed by atoms with E-state index in [1.807, 2.05) is 36.4 Å². The van der Waals surface area contributed by atoms with Gasteiger partial charge >= 0.3 is 0 Å². The summed E-state index contributed by atoms with van der Waals surface area (Å²) >= 11 is 0. The molecule has 0 atom stereocenters. The monoisotopic (exact) mass is 341 g/mol. The van der Waals surface area contributed by atoms with Crippen molar-refractivity contribution in [1.82, 2.24) is 19.7 Å². The van der Waals surface area contributed by atoms with E-state index >= 15 is 0 Å². The summed E-state index contributed by atoms with van der Waals surface area (Å²) in [7, 11) is 0. The highest BCUT2D eigenvalue weighted by molar-refractivity contribution is 5.95. The van der Waals surface area contributed by atoms with Crippen LogP contribution in [0.2, 0.25) is 0 Å². The number of hydrogen-bond donors (Lipinski definition) is 1. The van der Waals surface area contributed by atoms with Crippen LogP contribution in [-0.4, -0.2) is 19.7 Å². The van der Waals surface area contributed by atoms with Crippen molar-refractivity contribution >= 4 is 27.8 Å². The Balaban J connectivity index is 1.70. The Morgan fingerprint density at radius 3 is 2.62 bits per heavy atom.